The van der Waals surface area contributed by atoms with Crippen molar-refractivity contribution in [1.82, 2.24) is 0 Å². The molecule has 1 unspecified atom stereocenters. The molecular formula is C28H35F3O6. The zero-order chi connectivity index (χ0) is 27.8. The summed E-state index contributed by atoms with van der Waals surface area (Å²) in [6.07, 6.45) is -3.82. The van der Waals surface area contributed by atoms with Crippen LogP contribution in [0.15, 0.2) is 36.4 Å². The number of benzene rings is 2. The zero-order valence-electron chi connectivity index (χ0n) is 22.2. The average molecular weight is 525 g/mol. The van der Waals surface area contributed by atoms with Crippen molar-refractivity contribution in [3.05, 3.63) is 58.7 Å². The quantitative estimate of drug-likeness (QED) is 0.309. The maximum Gasteiger partial charge on any atom is 0.416 e. The second-order valence-corrected chi connectivity index (χ2v) is 9.60. The van der Waals surface area contributed by atoms with Crippen LogP contribution < -0.4 is 4.74 Å². The summed E-state index contributed by atoms with van der Waals surface area (Å²) in [4.78, 5) is 24.7. The molecule has 0 heterocycles. The van der Waals surface area contributed by atoms with Crippen LogP contribution in [0, 0.1) is 6.92 Å². The molecule has 37 heavy (non-hydrogen) atoms. The molecule has 2 aromatic carbocycles. The topological polar surface area (TPSA) is 71.1 Å². The van der Waals surface area contributed by atoms with Gasteiger partial charge >= 0.3 is 18.1 Å². The van der Waals surface area contributed by atoms with Crippen LogP contribution >= 0.6 is 0 Å². The van der Waals surface area contributed by atoms with Crippen LogP contribution in [0.4, 0.5) is 13.2 Å². The van der Waals surface area contributed by atoms with Crippen molar-refractivity contribution in [3.8, 4) is 11.5 Å². The maximum absolute atomic E-state index is 13.0. The minimum atomic E-state index is -4.43. The Kier molecular flexibility index (Phi) is 10.5. The van der Waals surface area contributed by atoms with Crippen LogP contribution in [0.1, 0.15) is 63.3 Å². The van der Waals surface area contributed by atoms with Gasteiger partial charge in [0.05, 0.1) is 12.2 Å². The van der Waals surface area contributed by atoms with E-state index in [1.165, 1.54) is 6.07 Å². The molecule has 0 aliphatic heterocycles. The monoisotopic (exact) mass is 524 g/mol. The molecule has 204 valence electrons. The Bertz CT molecular complexity index is 1070. The molecule has 0 bridgehead atoms. The van der Waals surface area contributed by atoms with E-state index >= 15 is 0 Å². The highest BCUT2D eigenvalue weighted by molar-refractivity contribution is 5.76. The molecule has 0 radical (unpaired) electrons. The number of rotatable bonds is 11. The van der Waals surface area contributed by atoms with Gasteiger partial charge in [-0.15, -0.1) is 0 Å². The Morgan fingerprint density at radius 2 is 1.68 bits per heavy atom. The summed E-state index contributed by atoms with van der Waals surface area (Å²) in [5.74, 6) is -0.411. The van der Waals surface area contributed by atoms with Crippen molar-refractivity contribution in [2.24, 2.45) is 0 Å². The molecule has 2 aromatic rings. The third-order valence-electron chi connectivity index (χ3n) is 5.20. The lowest BCUT2D eigenvalue weighted by Gasteiger charge is -2.22. The van der Waals surface area contributed by atoms with Gasteiger partial charge in [0.25, 0.3) is 0 Å². The third-order valence-corrected chi connectivity index (χ3v) is 5.20. The van der Waals surface area contributed by atoms with Gasteiger partial charge in [0.2, 0.25) is 0 Å². The minimum Gasteiger partial charge on any atom is -0.464 e. The van der Waals surface area contributed by atoms with Crippen LogP contribution in [-0.2, 0) is 42.8 Å². The number of carbonyl (C=O) groups excluding carboxylic acids is 2. The molecule has 2 rings (SSSR count). The number of alkyl halides is 3. The molecule has 0 saturated heterocycles. The van der Waals surface area contributed by atoms with Crippen LogP contribution in [0.5, 0.6) is 11.5 Å². The van der Waals surface area contributed by atoms with E-state index in [0.717, 1.165) is 29.7 Å². The SMILES string of the molecule is CCCc1cc(Oc2ccc(C(F)(F)F)cc2C)ccc1CC(OCC(=O)OC(C)(C)C)C(=O)OCC. The van der Waals surface area contributed by atoms with E-state index in [-0.39, 0.29) is 13.0 Å². The van der Waals surface area contributed by atoms with Gasteiger partial charge in [-0.1, -0.05) is 19.4 Å². The van der Waals surface area contributed by atoms with Gasteiger partial charge in [0.1, 0.15) is 23.7 Å². The van der Waals surface area contributed by atoms with Crippen molar-refractivity contribution in [2.45, 2.75) is 78.7 Å². The number of carbonyl (C=O) groups is 2. The van der Waals surface area contributed by atoms with Gasteiger partial charge in [-0.25, -0.2) is 9.59 Å². The van der Waals surface area contributed by atoms with E-state index in [0.29, 0.717) is 23.5 Å². The Labute approximate surface area is 216 Å². The Morgan fingerprint density at radius 1 is 0.973 bits per heavy atom. The lowest BCUT2D eigenvalue weighted by molar-refractivity contribution is -0.168. The second-order valence-electron chi connectivity index (χ2n) is 9.60. The Balaban J connectivity index is 2.24. The van der Waals surface area contributed by atoms with E-state index in [4.69, 9.17) is 18.9 Å². The van der Waals surface area contributed by atoms with Crippen molar-refractivity contribution in [3.63, 3.8) is 0 Å². The first kappa shape index (κ1) is 30.2. The molecule has 0 aromatic heterocycles. The highest BCUT2D eigenvalue weighted by atomic mass is 19.4. The summed E-state index contributed by atoms with van der Waals surface area (Å²) in [6.45, 7) is 10.2. The first-order chi connectivity index (χ1) is 17.2. The summed E-state index contributed by atoms with van der Waals surface area (Å²) in [5.41, 5.74) is 0.625. The van der Waals surface area contributed by atoms with E-state index in [1.54, 1.807) is 52.8 Å². The third kappa shape index (κ3) is 9.72. The van der Waals surface area contributed by atoms with Crippen LogP contribution in [0.3, 0.4) is 0 Å². The fourth-order valence-electron chi connectivity index (χ4n) is 3.62. The number of aryl methyl sites for hydroxylation is 2. The fourth-order valence-corrected chi connectivity index (χ4v) is 3.62. The van der Waals surface area contributed by atoms with Gasteiger partial charge in [-0.2, -0.15) is 13.2 Å². The molecular weight excluding hydrogens is 489 g/mol. The van der Waals surface area contributed by atoms with Crippen LogP contribution in [-0.4, -0.2) is 36.9 Å². The van der Waals surface area contributed by atoms with E-state index in [9.17, 15) is 22.8 Å². The molecule has 1 atom stereocenters. The average Bonchev–Trinajstić information content (AvgIpc) is 2.77. The van der Waals surface area contributed by atoms with E-state index in [1.807, 2.05) is 6.92 Å². The second kappa shape index (κ2) is 12.9. The number of halogens is 3. The molecule has 6 nitrogen and oxygen atoms in total. The van der Waals surface area contributed by atoms with Crippen LogP contribution in [0.2, 0.25) is 0 Å². The predicted octanol–water partition coefficient (Wildman–Crippen LogP) is 6.59. The van der Waals surface area contributed by atoms with Gasteiger partial charge < -0.3 is 18.9 Å². The molecule has 0 aliphatic carbocycles. The molecule has 0 N–H and O–H groups in total. The number of ether oxygens (including phenoxy) is 4. The molecule has 0 fully saturated rings. The van der Waals surface area contributed by atoms with Crippen molar-refractivity contribution in [1.29, 1.82) is 0 Å². The lowest BCUT2D eigenvalue weighted by Crippen LogP contribution is -2.33. The summed E-state index contributed by atoms with van der Waals surface area (Å²) in [7, 11) is 0. The minimum absolute atomic E-state index is 0.159. The number of esters is 2. The largest absolute Gasteiger partial charge is 0.464 e. The van der Waals surface area contributed by atoms with Gasteiger partial charge in [-0.05, 0) is 88.1 Å². The Hall–Kier alpha value is -3.07. The molecule has 0 aliphatic rings. The molecule has 0 saturated carbocycles. The highest BCUT2D eigenvalue weighted by Gasteiger charge is 2.31. The van der Waals surface area contributed by atoms with E-state index < -0.39 is 42.0 Å². The normalized spacial score (nSPS) is 12.7. The van der Waals surface area contributed by atoms with Crippen molar-refractivity contribution >= 4 is 11.9 Å². The van der Waals surface area contributed by atoms with Crippen molar-refractivity contribution < 1.29 is 41.7 Å². The Morgan fingerprint density at radius 3 is 2.24 bits per heavy atom. The molecule has 0 spiro atoms. The predicted molar refractivity (Wildman–Crippen MR) is 133 cm³/mol. The first-order valence-electron chi connectivity index (χ1n) is 12.2. The standard InChI is InChI=1S/C28H35F3O6/c1-7-9-19-15-22(36-23-13-11-21(14-18(23)3)28(29,30)31)12-10-20(19)16-24(26(33)34-8-2)35-17-25(32)37-27(4,5)6/h10-15,24H,7-9,16-17H2,1-6H3. The highest BCUT2D eigenvalue weighted by Crippen LogP contribution is 2.34. The van der Waals surface area contributed by atoms with Crippen molar-refractivity contribution in [2.75, 3.05) is 13.2 Å². The van der Waals surface area contributed by atoms with Gasteiger partial charge in [0.15, 0.2) is 6.10 Å². The van der Waals surface area contributed by atoms with Gasteiger partial charge in [-0.3, -0.25) is 0 Å². The lowest BCUT2D eigenvalue weighted by atomic mass is 9.98. The summed E-state index contributed by atoms with van der Waals surface area (Å²) < 4.78 is 60.8. The summed E-state index contributed by atoms with van der Waals surface area (Å²) in [6, 6.07) is 8.58. The first-order valence-corrected chi connectivity index (χ1v) is 12.2. The fraction of sp³-hybridized carbons (Fsp3) is 0.500. The van der Waals surface area contributed by atoms with Gasteiger partial charge in [0, 0.05) is 6.42 Å². The molecule has 9 heteroatoms. The number of hydrogen-bond donors (Lipinski definition) is 0. The number of hydrogen-bond acceptors (Lipinski definition) is 6. The molecule has 0 amide bonds. The smallest absolute Gasteiger partial charge is 0.416 e. The zero-order valence-corrected chi connectivity index (χ0v) is 22.2. The van der Waals surface area contributed by atoms with E-state index in [2.05, 4.69) is 0 Å². The summed E-state index contributed by atoms with van der Waals surface area (Å²) >= 11 is 0. The maximum atomic E-state index is 13.0. The summed E-state index contributed by atoms with van der Waals surface area (Å²) in [5, 5.41) is 0. The van der Waals surface area contributed by atoms with Crippen LogP contribution in [0.25, 0.3) is 0 Å².